The van der Waals surface area contributed by atoms with Crippen LogP contribution in [-0.4, -0.2) is 23.3 Å². The average molecular weight is 365 g/mol. The van der Waals surface area contributed by atoms with E-state index in [1.54, 1.807) is 17.0 Å². The molecule has 0 radical (unpaired) electrons. The third-order valence-electron chi connectivity index (χ3n) is 4.30. The first kappa shape index (κ1) is 18.3. The van der Waals surface area contributed by atoms with Crippen LogP contribution in [0.5, 0.6) is 0 Å². The quantitative estimate of drug-likeness (QED) is 0.484. The van der Waals surface area contributed by atoms with E-state index >= 15 is 0 Å². The number of nitro benzene ring substituents is 1. The predicted octanol–water partition coefficient (Wildman–Crippen LogP) is 3.05. The molecule has 1 heterocycles. The summed E-state index contributed by atoms with van der Waals surface area (Å²) >= 11 is 0. The number of nitrogens with zero attached hydrogens (tertiary/aromatic N) is 2. The summed E-state index contributed by atoms with van der Waals surface area (Å²) in [5, 5.41) is 13.5. The lowest BCUT2D eigenvalue weighted by Gasteiger charge is -2.15. The Morgan fingerprint density at radius 3 is 2.67 bits per heavy atom. The van der Waals surface area contributed by atoms with Crippen molar-refractivity contribution in [1.82, 2.24) is 5.32 Å². The van der Waals surface area contributed by atoms with Crippen LogP contribution in [0.2, 0.25) is 0 Å². The summed E-state index contributed by atoms with van der Waals surface area (Å²) in [6, 6.07) is 13.6. The molecule has 0 unspecified atom stereocenters. The number of hydrogen-bond donors (Lipinski definition) is 1. The Balaban J connectivity index is 1.53. The molecule has 0 aliphatic carbocycles. The molecule has 0 aromatic heterocycles. The maximum atomic E-state index is 11.9. The van der Waals surface area contributed by atoms with Crippen molar-refractivity contribution >= 4 is 29.3 Å². The van der Waals surface area contributed by atoms with Crippen LogP contribution in [0.4, 0.5) is 11.4 Å². The Bertz CT molecular complexity index is 890. The predicted molar refractivity (Wildman–Crippen MR) is 102 cm³/mol. The van der Waals surface area contributed by atoms with E-state index in [0.29, 0.717) is 18.5 Å². The van der Waals surface area contributed by atoms with E-state index < -0.39 is 4.92 Å². The second kappa shape index (κ2) is 8.27. The van der Waals surface area contributed by atoms with Crippen molar-refractivity contribution in [2.45, 2.75) is 19.4 Å². The van der Waals surface area contributed by atoms with E-state index in [0.717, 1.165) is 24.2 Å². The van der Waals surface area contributed by atoms with Gasteiger partial charge in [-0.05, 0) is 35.8 Å². The second-order valence-electron chi connectivity index (χ2n) is 6.22. The number of amides is 2. The summed E-state index contributed by atoms with van der Waals surface area (Å²) < 4.78 is 0. The molecule has 1 aliphatic rings. The first-order valence-corrected chi connectivity index (χ1v) is 8.62. The molecule has 27 heavy (non-hydrogen) atoms. The van der Waals surface area contributed by atoms with Gasteiger partial charge in [-0.2, -0.15) is 0 Å². The highest BCUT2D eigenvalue weighted by molar-refractivity contribution is 5.95. The Labute approximate surface area is 156 Å². The maximum Gasteiger partial charge on any atom is 0.270 e. The fraction of sp³-hybridized carbons (Fsp3) is 0.200. The average Bonchev–Trinajstić information content (AvgIpc) is 3.11. The lowest BCUT2D eigenvalue weighted by Crippen LogP contribution is -2.23. The van der Waals surface area contributed by atoms with Gasteiger partial charge >= 0.3 is 0 Å². The zero-order chi connectivity index (χ0) is 19.2. The molecular formula is C20H19N3O4. The summed E-state index contributed by atoms with van der Waals surface area (Å²) in [6.07, 6.45) is 4.35. The highest BCUT2D eigenvalue weighted by Gasteiger charge is 2.21. The van der Waals surface area contributed by atoms with Crippen LogP contribution >= 0.6 is 0 Å². The lowest BCUT2D eigenvalue weighted by molar-refractivity contribution is -0.384. The van der Waals surface area contributed by atoms with Crippen molar-refractivity contribution in [3.05, 3.63) is 75.8 Å². The molecule has 1 N–H and O–H groups in total. The largest absolute Gasteiger partial charge is 0.348 e. The normalized spacial score (nSPS) is 13.9. The molecule has 0 atom stereocenters. The number of benzene rings is 2. The number of carbonyl (C=O) groups is 2. The number of rotatable bonds is 6. The van der Waals surface area contributed by atoms with Crippen molar-refractivity contribution in [3.8, 4) is 0 Å². The molecule has 0 bridgehead atoms. The van der Waals surface area contributed by atoms with Gasteiger partial charge < -0.3 is 10.2 Å². The lowest BCUT2D eigenvalue weighted by atomic mass is 10.2. The standard InChI is InChI=1S/C20H19N3O4/c24-19(11-8-15-3-1-4-18(13-15)23(26)27)21-14-16-6-9-17(10-7-16)22-12-2-5-20(22)25/h1,3-4,6-11,13H,2,5,12,14H2,(H,21,24)/b11-8+. The molecule has 3 rings (SSSR count). The van der Waals surface area contributed by atoms with Crippen molar-refractivity contribution in [3.63, 3.8) is 0 Å². The molecule has 0 saturated carbocycles. The van der Waals surface area contributed by atoms with Crippen LogP contribution in [0.3, 0.4) is 0 Å². The molecule has 0 spiro atoms. The molecule has 2 amide bonds. The number of nitro groups is 1. The van der Waals surface area contributed by atoms with Crippen LogP contribution in [0, 0.1) is 10.1 Å². The third kappa shape index (κ3) is 4.78. The minimum Gasteiger partial charge on any atom is -0.348 e. The van der Waals surface area contributed by atoms with E-state index in [-0.39, 0.29) is 17.5 Å². The molecule has 1 saturated heterocycles. The highest BCUT2D eigenvalue weighted by atomic mass is 16.6. The number of nitrogens with one attached hydrogen (secondary N) is 1. The Hall–Kier alpha value is -3.48. The summed E-state index contributed by atoms with van der Waals surface area (Å²) in [5.74, 6) is -0.150. The molecule has 7 heteroatoms. The van der Waals surface area contributed by atoms with Gasteiger partial charge in [-0.15, -0.1) is 0 Å². The number of non-ortho nitro benzene ring substituents is 1. The Morgan fingerprint density at radius 2 is 2.00 bits per heavy atom. The summed E-state index contributed by atoms with van der Waals surface area (Å²) in [6.45, 7) is 1.10. The van der Waals surface area contributed by atoms with Gasteiger partial charge in [0.05, 0.1) is 4.92 Å². The third-order valence-corrected chi connectivity index (χ3v) is 4.30. The monoisotopic (exact) mass is 365 g/mol. The van der Waals surface area contributed by atoms with Crippen molar-refractivity contribution < 1.29 is 14.5 Å². The van der Waals surface area contributed by atoms with Gasteiger partial charge in [0.1, 0.15) is 0 Å². The van der Waals surface area contributed by atoms with E-state index in [9.17, 15) is 19.7 Å². The minimum absolute atomic E-state index is 0.0193. The summed E-state index contributed by atoms with van der Waals surface area (Å²) in [7, 11) is 0. The van der Waals surface area contributed by atoms with Crippen molar-refractivity contribution in [2.75, 3.05) is 11.4 Å². The smallest absolute Gasteiger partial charge is 0.270 e. The van der Waals surface area contributed by atoms with Gasteiger partial charge in [0, 0.05) is 43.4 Å². The molecular weight excluding hydrogens is 346 g/mol. The number of carbonyl (C=O) groups excluding carboxylic acids is 2. The first-order chi connectivity index (χ1) is 13.0. The van der Waals surface area contributed by atoms with Crippen LogP contribution in [-0.2, 0) is 16.1 Å². The van der Waals surface area contributed by atoms with Crippen LogP contribution in [0.15, 0.2) is 54.6 Å². The fourth-order valence-electron chi connectivity index (χ4n) is 2.88. The van der Waals surface area contributed by atoms with Crippen LogP contribution < -0.4 is 10.2 Å². The Kier molecular flexibility index (Phi) is 5.61. The zero-order valence-corrected chi connectivity index (χ0v) is 14.6. The SMILES string of the molecule is O=C(/C=C/c1cccc([N+](=O)[O-])c1)NCc1ccc(N2CCCC2=O)cc1. The minimum atomic E-state index is -0.475. The van der Waals surface area contributed by atoms with E-state index in [2.05, 4.69) is 5.32 Å². The van der Waals surface area contributed by atoms with Gasteiger partial charge in [-0.3, -0.25) is 19.7 Å². The second-order valence-corrected chi connectivity index (χ2v) is 6.22. The molecule has 1 fully saturated rings. The maximum absolute atomic E-state index is 11.9. The topological polar surface area (TPSA) is 92.5 Å². The van der Waals surface area contributed by atoms with Gasteiger partial charge in [0.15, 0.2) is 0 Å². The number of anilines is 1. The van der Waals surface area contributed by atoms with E-state index in [1.165, 1.54) is 24.3 Å². The first-order valence-electron chi connectivity index (χ1n) is 8.62. The van der Waals surface area contributed by atoms with Gasteiger partial charge in [-0.1, -0.05) is 24.3 Å². The van der Waals surface area contributed by atoms with E-state index in [4.69, 9.17) is 0 Å². The van der Waals surface area contributed by atoms with Crippen molar-refractivity contribution in [1.29, 1.82) is 0 Å². The molecule has 2 aromatic rings. The van der Waals surface area contributed by atoms with Gasteiger partial charge in [0.2, 0.25) is 11.8 Å². The van der Waals surface area contributed by atoms with Crippen LogP contribution in [0.25, 0.3) is 6.08 Å². The Morgan fingerprint density at radius 1 is 1.22 bits per heavy atom. The van der Waals surface area contributed by atoms with E-state index in [1.807, 2.05) is 24.3 Å². The summed E-state index contributed by atoms with van der Waals surface area (Å²) in [5.41, 5.74) is 2.36. The van der Waals surface area contributed by atoms with Crippen LogP contribution in [0.1, 0.15) is 24.0 Å². The summed E-state index contributed by atoms with van der Waals surface area (Å²) in [4.78, 5) is 35.7. The fourth-order valence-corrected chi connectivity index (χ4v) is 2.88. The highest BCUT2D eigenvalue weighted by Crippen LogP contribution is 2.21. The molecule has 138 valence electrons. The molecule has 1 aliphatic heterocycles. The zero-order valence-electron chi connectivity index (χ0n) is 14.6. The van der Waals surface area contributed by atoms with Crippen molar-refractivity contribution in [2.24, 2.45) is 0 Å². The van der Waals surface area contributed by atoms with Gasteiger partial charge in [-0.25, -0.2) is 0 Å². The van der Waals surface area contributed by atoms with Gasteiger partial charge in [0.25, 0.3) is 5.69 Å². The molecule has 2 aromatic carbocycles. The number of hydrogen-bond acceptors (Lipinski definition) is 4. The molecule has 7 nitrogen and oxygen atoms in total.